The second kappa shape index (κ2) is 5.00. The predicted octanol–water partition coefficient (Wildman–Crippen LogP) is 3.03. The molecule has 0 bridgehead atoms. The van der Waals surface area contributed by atoms with Crippen LogP contribution < -0.4 is 10.2 Å². The average molecular weight is 276 g/mol. The molecule has 0 aliphatic carbocycles. The van der Waals surface area contributed by atoms with Crippen molar-refractivity contribution in [1.82, 2.24) is 5.32 Å². The maximum absolute atomic E-state index is 13.9. The lowest BCUT2D eigenvalue weighted by molar-refractivity contribution is -0.137. The molecule has 2 unspecified atom stereocenters. The molecule has 1 N–H and O–H groups in total. The molecule has 106 valence electrons. The SMILES string of the molecule is CC1CN(c2ccc(C(F)(F)F)cc2F)CC(C)N1. The highest BCUT2D eigenvalue weighted by atomic mass is 19.4. The van der Waals surface area contributed by atoms with Crippen LogP contribution in [0.1, 0.15) is 19.4 Å². The Balaban J connectivity index is 2.26. The van der Waals surface area contributed by atoms with Crippen molar-refractivity contribution in [2.75, 3.05) is 18.0 Å². The van der Waals surface area contributed by atoms with E-state index in [1.54, 1.807) is 4.90 Å². The third-order valence-electron chi connectivity index (χ3n) is 3.17. The molecule has 1 fully saturated rings. The van der Waals surface area contributed by atoms with Gasteiger partial charge in [-0.25, -0.2) is 4.39 Å². The smallest absolute Gasteiger partial charge is 0.366 e. The summed E-state index contributed by atoms with van der Waals surface area (Å²) in [5.74, 6) is -0.823. The van der Waals surface area contributed by atoms with Crippen molar-refractivity contribution >= 4 is 5.69 Å². The van der Waals surface area contributed by atoms with Gasteiger partial charge in [0.05, 0.1) is 11.3 Å². The van der Waals surface area contributed by atoms with Crippen LogP contribution in [-0.2, 0) is 6.18 Å². The molecule has 0 spiro atoms. The minimum atomic E-state index is -4.51. The number of alkyl halides is 3. The van der Waals surface area contributed by atoms with E-state index in [1.165, 1.54) is 6.07 Å². The molecule has 0 radical (unpaired) electrons. The Morgan fingerprint density at radius 3 is 2.21 bits per heavy atom. The number of piperazine rings is 1. The van der Waals surface area contributed by atoms with E-state index < -0.39 is 17.6 Å². The van der Waals surface area contributed by atoms with Crippen LogP contribution in [0.3, 0.4) is 0 Å². The predicted molar refractivity (Wildman–Crippen MR) is 65.7 cm³/mol. The Kier molecular flexibility index (Phi) is 3.71. The second-order valence-electron chi connectivity index (χ2n) is 5.04. The van der Waals surface area contributed by atoms with Crippen molar-refractivity contribution in [3.63, 3.8) is 0 Å². The fourth-order valence-electron chi connectivity index (χ4n) is 2.46. The molecule has 1 aliphatic rings. The number of halogens is 4. The van der Waals surface area contributed by atoms with Crippen LogP contribution in [0, 0.1) is 5.82 Å². The zero-order valence-corrected chi connectivity index (χ0v) is 10.8. The molecule has 19 heavy (non-hydrogen) atoms. The lowest BCUT2D eigenvalue weighted by Gasteiger charge is -2.37. The second-order valence-corrected chi connectivity index (χ2v) is 5.04. The first-order chi connectivity index (χ1) is 8.77. The van der Waals surface area contributed by atoms with Crippen LogP contribution in [0.15, 0.2) is 18.2 Å². The van der Waals surface area contributed by atoms with Crippen LogP contribution in [0.2, 0.25) is 0 Å². The van der Waals surface area contributed by atoms with Gasteiger partial charge in [-0.1, -0.05) is 0 Å². The highest BCUT2D eigenvalue weighted by Crippen LogP contribution is 2.32. The van der Waals surface area contributed by atoms with Crippen LogP contribution >= 0.6 is 0 Å². The van der Waals surface area contributed by atoms with E-state index in [0.29, 0.717) is 19.2 Å². The topological polar surface area (TPSA) is 15.3 Å². The van der Waals surface area contributed by atoms with E-state index >= 15 is 0 Å². The summed E-state index contributed by atoms with van der Waals surface area (Å²) in [5, 5.41) is 3.29. The van der Waals surface area contributed by atoms with Crippen molar-refractivity contribution in [3.8, 4) is 0 Å². The molecule has 2 atom stereocenters. The van der Waals surface area contributed by atoms with Crippen molar-refractivity contribution in [2.24, 2.45) is 0 Å². The summed E-state index contributed by atoms with van der Waals surface area (Å²) in [6.45, 7) is 5.08. The molecular formula is C13H16F4N2. The van der Waals surface area contributed by atoms with Crippen LogP contribution in [-0.4, -0.2) is 25.2 Å². The molecule has 0 saturated carbocycles. The van der Waals surface area contributed by atoms with Crippen molar-refractivity contribution in [2.45, 2.75) is 32.1 Å². The maximum Gasteiger partial charge on any atom is 0.416 e. The zero-order chi connectivity index (χ0) is 14.2. The lowest BCUT2D eigenvalue weighted by atomic mass is 10.1. The molecular weight excluding hydrogens is 260 g/mol. The van der Waals surface area contributed by atoms with Crippen LogP contribution in [0.4, 0.5) is 23.2 Å². The first kappa shape index (κ1) is 14.1. The van der Waals surface area contributed by atoms with E-state index in [4.69, 9.17) is 0 Å². The quantitative estimate of drug-likeness (QED) is 0.793. The number of rotatable bonds is 1. The largest absolute Gasteiger partial charge is 0.416 e. The Bertz CT molecular complexity index is 448. The molecule has 2 nitrogen and oxygen atoms in total. The summed E-state index contributed by atoms with van der Waals surface area (Å²) >= 11 is 0. The van der Waals surface area contributed by atoms with Gasteiger partial charge in [-0.2, -0.15) is 13.2 Å². The molecule has 1 aliphatic heterocycles. The van der Waals surface area contributed by atoms with Gasteiger partial charge in [0, 0.05) is 25.2 Å². The summed E-state index contributed by atoms with van der Waals surface area (Å²) in [5.41, 5.74) is -0.724. The fourth-order valence-corrected chi connectivity index (χ4v) is 2.46. The van der Waals surface area contributed by atoms with Gasteiger partial charge in [-0.05, 0) is 32.0 Å². The average Bonchev–Trinajstić information content (AvgIpc) is 2.26. The lowest BCUT2D eigenvalue weighted by Crippen LogP contribution is -2.54. The molecule has 6 heteroatoms. The summed E-state index contributed by atoms with van der Waals surface area (Å²) in [4.78, 5) is 1.78. The Morgan fingerprint density at radius 2 is 1.74 bits per heavy atom. The summed E-state index contributed by atoms with van der Waals surface area (Å²) in [6, 6.07) is 3.04. The Hall–Kier alpha value is -1.30. The van der Waals surface area contributed by atoms with Crippen molar-refractivity contribution in [3.05, 3.63) is 29.6 Å². The summed E-state index contributed by atoms with van der Waals surface area (Å²) in [6.07, 6.45) is -4.51. The Morgan fingerprint density at radius 1 is 1.16 bits per heavy atom. The van der Waals surface area contributed by atoms with E-state index in [9.17, 15) is 17.6 Å². The maximum atomic E-state index is 13.9. The number of nitrogens with one attached hydrogen (secondary N) is 1. The molecule has 1 heterocycles. The number of hydrogen-bond donors (Lipinski definition) is 1. The van der Waals surface area contributed by atoms with Crippen LogP contribution in [0.25, 0.3) is 0 Å². The zero-order valence-electron chi connectivity index (χ0n) is 10.8. The van der Waals surface area contributed by atoms with Gasteiger partial charge in [0.1, 0.15) is 5.82 Å². The first-order valence-corrected chi connectivity index (χ1v) is 6.15. The fraction of sp³-hybridized carbons (Fsp3) is 0.538. The number of nitrogens with zero attached hydrogens (tertiary/aromatic N) is 1. The number of hydrogen-bond acceptors (Lipinski definition) is 2. The van der Waals surface area contributed by atoms with Gasteiger partial charge >= 0.3 is 6.18 Å². The van der Waals surface area contributed by atoms with Gasteiger partial charge in [-0.15, -0.1) is 0 Å². The first-order valence-electron chi connectivity index (χ1n) is 6.15. The van der Waals surface area contributed by atoms with E-state index in [0.717, 1.165) is 6.07 Å². The molecule has 0 amide bonds. The highest BCUT2D eigenvalue weighted by molar-refractivity contribution is 5.50. The number of anilines is 1. The van der Waals surface area contributed by atoms with Crippen molar-refractivity contribution < 1.29 is 17.6 Å². The molecule has 1 aromatic carbocycles. The van der Waals surface area contributed by atoms with E-state index in [-0.39, 0.29) is 17.8 Å². The van der Waals surface area contributed by atoms with Crippen molar-refractivity contribution in [1.29, 1.82) is 0 Å². The molecule has 1 aromatic rings. The molecule has 2 rings (SSSR count). The summed E-state index contributed by atoms with van der Waals surface area (Å²) < 4.78 is 51.3. The third kappa shape index (κ3) is 3.18. The van der Waals surface area contributed by atoms with E-state index in [1.807, 2.05) is 13.8 Å². The van der Waals surface area contributed by atoms with Crippen LogP contribution in [0.5, 0.6) is 0 Å². The molecule has 0 aromatic heterocycles. The van der Waals surface area contributed by atoms with E-state index in [2.05, 4.69) is 5.32 Å². The minimum Gasteiger partial charge on any atom is -0.366 e. The highest BCUT2D eigenvalue weighted by Gasteiger charge is 2.32. The third-order valence-corrected chi connectivity index (χ3v) is 3.17. The normalized spacial score (nSPS) is 24.6. The number of benzene rings is 1. The minimum absolute atomic E-state index is 0.172. The van der Waals surface area contributed by atoms with Gasteiger partial charge in [0.25, 0.3) is 0 Å². The van der Waals surface area contributed by atoms with Gasteiger partial charge in [-0.3, -0.25) is 0 Å². The summed E-state index contributed by atoms with van der Waals surface area (Å²) in [7, 11) is 0. The standard InChI is InChI=1S/C13H16F4N2/c1-8-6-19(7-9(2)18-8)12-4-3-10(5-11(12)14)13(15,16)17/h3-5,8-9,18H,6-7H2,1-2H3. The van der Waals surface area contributed by atoms with Gasteiger partial charge in [0.2, 0.25) is 0 Å². The monoisotopic (exact) mass is 276 g/mol. The van der Waals surface area contributed by atoms with Gasteiger partial charge < -0.3 is 10.2 Å². The Labute approximate surface area is 109 Å². The molecule has 1 saturated heterocycles. The van der Waals surface area contributed by atoms with Gasteiger partial charge in [0.15, 0.2) is 0 Å².